The van der Waals surface area contributed by atoms with E-state index in [4.69, 9.17) is 23.4 Å². The summed E-state index contributed by atoms with van der Waals surface area (Å²) in [5.74, 6) is -1.91. The number of hydrogen-bond acceptors (Lipinski definition) is 13. The first-order valence-electron chi connectivity index (χ1n) is 17.4. The summed E-state index contributed by atoms with van der Waals surface area (Å²) in [7, 11) is 0. The Morgan fingerprint density at radius 1 is 0.712 bits per heavy atom. The van der Waals surface area contributed by atoms with Gasteiger partial charge in [0.15, 0.2) is 17.3 Å². The minimum atomic E-state index is -4.86. The van der Waals surface area contributed by atoms with Gasteiger partial charge < -0.3 is 10.6 Å². The van der Waals surface area contributed by atoms with Crippen LogP contribution in [0.4, 0.5) is 24.8 Å². The fourth-order valence-corrected chi connectivity index (χ4v) is 5.63. The molecule has 0 saturated heterocycles. The van der Waals surface area contributed by atoms with Crippen molar-refractivity contribution in [2.45, 2.75) is 42.9 Å². The van der Waals surface area contributed by atoms with Crippen molar-refractivity contribution in [2.24, 2.45) is 0 Å². The van der Waals surface area contributed by atoms with Gasteiger partial charge in [0.1, 0.15) is 12.7 Å². The molecule has 6 aromatic rings. The van der Waals surface area contributed by atoms with Crippen LogP contribution in [0.15, 0.2) is 111 Å². The zero-order chi connectivity index (χ0) is 42.0. The fourth-order valence-electron chi connectivity index (χ4n) is 5.54. The van der Waals surface area contributed by atoms with Crippen molar-refractivity contribution in [3.63, 3.8) is 0 Å². The molecule has 0 unspecified atom stereocenters. The highest BCUT2D eigenvalue weighted by molar-refractivity contribution is 6.28. The first-order valence-corrected chi connectivity index (χ1v) is 17.8. The normalized spacial score (nSPS) is 13.9. The van der Waals surface area contributed by atoms with Crippen molar-refractivity contribution in [3.8, 4) is 6.07 Å². The molecule has 2 fully saturated rings. The second-order valence-corrected chi connectivity index (χ2v) is 13.4. The van der Waals surface area contributed by atoms with E-state index < -0.39 is 17.6 Å². The van der Waals surface area contributed by atoms with Crippen LogP contribution in [0.1, 0.15) is 74.2 Å². The molecule has 0 aliphatic heterocycles. The van der Waals surface area contributed by atoms with Crippen molar-refractivity contribution in [2.75, 3.05) is 5.32 Å². The summed E-state index contributed by atoms with van der Waals surface area (Å²) >= 11 is 5.53. The maximum Gasteiger partial charge on any atom is 0.471 e. The molecule has 19 heteroatoms. The third-order valence-electron chi connectivity index (χ3n) is 8.98. The number of aromatic nitrogens is 8. The number of nitrogens with zero attached hydrogens (tertiary/aromatic N) is 10. The molecule has 1 amide bonds. The summed E-state index contributed by atoms with van der Waals surface area (Å²) in [5.41, 5.74) is 2.81. The Morgan fingerprint density at radius 2 is 1.20 bits per heavy atom. The molecule has 59 heavy (non-hydrogen) atoms. The number of hydrogen-bond donors (Lipinski definition) is 2. The van der Waals surface area contributed by atoms with Gasteiger partial charge in [0, 0.05) is 71.8 Å². The number of anilines is 1. The summed E-state index contributed by atoms with van der Waals surface area (Å²) in [5, 5.41) is 14.1. The van der Waals surface area contributed by atoms with Gasteiger partial charge in [-0.3, -0.25) is 14.4 Å². The van der Waals surface area contributed by atoms with Gasteiger partial charge in [0.2, 0.25) is 11.2 Å². The average Bonchev–Trinajstić information content (AvgIpc) is 4.22. The molecule has 4 heterocycles. The highest BCUT2D eigenvalue weighted by atomic mass is 35.5. The van der Waals surface area contributed by atoms with Crippen molar-refractivity contribution in [3.05, 3.63) is 166 Å². The first kappa shape index (κ1) is 41.1. The molecule has 2 aromatic carbocycles. The second-order valence-electron chi connectivity index (χ2n) is 13.0. The molecule has 0 radical (unpaired) electrons. The Bertz CT molecular complexity index is 2540. The molecule has 2 N–H and O–H groups in total. The van der Waals surface area contributed by atoms with E-state index >= 15 is 0 Å². The van der Waals surface area contributed by atoms with Crippen LogP contribution in [-0.2, 0) is 15.9 Å². The molecule has 0 spiro atoms. The minimum Gasteiger partial charge on any atom is -0.345 e. The largest absolute Gasteiger partial charge is 0.471 e. The first-order chi connectivity index (χ1) is 28.3. The number of ketones is 2. The average molecular weight is 817 g/mol. The predicted molar refractivity (Wildman–Crippen MR) is 204 cm³/mol. The van der Waals surface area contributed by atoms with Crippen molar-refractivity contribution in [1.29, 1.82) is 5.26 Å². The molecule has 15 nitrogen and oxygen atoms in total. The van der Waals surface area contributed by atoms with E-state index in [9.17, 15) is 27.6 Å². The molecule has 8 rings (SSSR count). The smallest absolute Gasteiger partial charge is 0.345 e. The molecule has 2 aliphatic rings. The van der Waals surface area contributed by atoms with E-state index in [1.54, 1.807) is 54.9 Å². The van der Waals surface area contributed by atoms with Crippen molar-refractivity contribution < 1.29 is 27.6 Å². The maximum absolute atomic E-state index is 12.5. The molecule has 2 saturated carbocycles. The van der Waals surface area contributed by atoms with E-state index in [0.717, 1.165) is 18.4 Å². The van der Waals surface area contributed by atoms with E-state index in [-0.39, 0.29) is 22.4 Å². The molecular formula is C40H28ClF3N12O3. The van der Waals surface area contributed by atoms with Crippen molar-refractivity contribution in [1.82, 2.24) is 45.2 Å². The van der Waals surface area contributed by atoms with Gasteiger partial charge in [0.25, 0.3) is 0 Å². The standard InChI is InChI=1S/C19H14N6O.C12H6ClN3O.C9H8F3N3O/c1-20-16-4-2-3-13(7-16)17(26)14-8-23-18(24-9-14)25-19(5-6-19)15-10-21-12-22-11-15;13-12-15-6-10(7-16-12)11(17)9-3-1-2-8(4-9)5-14;10-9(11,12)7(16)15-8(1-2-8)6-3-13-5-14-4-6/h2-4,7-12H,5-6H2,(H,23,24,25);1-4,6-7H;3-5H,1-2H2,(H,15,16). The number of nitrogens with one attached hydrogen (secondary N) is 2. The predicted octanol–water partition coefficient (Wildman–Crippen LogP) is 6.53. The summed E-state index contributed by atoms with van der Waals surface area (Å²) in [4.78, 5) is 70.3. The van der Waals surface area contributed by atoms with E-state index in [0.29, 0.717) is 57.9 Å². The summed E-state index contributed by atoms with van der Waals surface area (Å²) in [6.45, 7) is 7.05. The van der Waals surface area contributed by atoms with Gasteiger partial charge in [-0.1, -0.05) is 30.3 Å². The van der Waals surface area contributed by atoms with E-state index in [2.05, 4.69) is 50.0 Å². The highest BCUT2D eigenvalue weighted by Gasteiger charge is 2.51. The summed E-state index contributed by atoms with van der Waals surface area (Å²) in [6.07, 6.45) is 12.9. The zero-order valence-corrected chi connectivity index (χ0v) is 31.2. The topological polar surface area (TPSA) is 207 Å². The van der Waals surface area contributed by atoms with Gasteiger partial charge >= 0.3 is 12.1 Å². The van der Waals surface area contributed by atoms with Crippen LogP contribution in [0.2, 0.25) is 5.28 Å². The second kappa shape index (κ2) is 17.7. The van der Waals surface area contributed by atoms with Crippen LogP contribution in [0.5, 0.6) is 0 Å². The van der Waals surface area contributed by atoms with Crippen LogP contribution in [0.25, 0.3) is 4.85 Å². The van der Waals surface area contributed by atoms with Gasteiger partial charge in [0.05, 0.1) is 40.4 Å². The summed E-state index contributed by atoms with van der Waals surface area (Å²) < 4.78 is 36.2. The highest BCUT2D eigenvalue weighted by Crippen LogP contribution is 2.47. The molecular weight excluding hydrogens is 789 g/mol. The maximum atomic E-state index is 12.5. The van der Waals surface area contributed by atoms with Gasteiger partial charge in [-0.2, -0.15) is 18.4 Å². The zero-order valence-electron chi connectivity index (χ0n) is 30.4. The van der Waals surface area contributed by atoms with Crippen LogP contribution < -0.4 is 10.6 Å². The van der Waals surface area contributed by atoms with Crippen LogP contribution in [0.3, 0.4) is 0 Å². The number of halogens is 4. The number of rotatable bonds is 9. The lowest BCUT2D eigenvalue weighted by molar-refractivity contribution is -0.174. The number of carbonyl (C=O) groups excluding carboxylic acids is 3. The fraction of sp³-hybridized carbons (Fsp3) is 0.175. The lowest BCUT2D eigenvalue weighted by Crippen LogP contribution is -2.43. The lowest BCUT2D eigenvalue weighted by atomic mass is 10.0. The molecule has 294 valence electrons. The number of carbonyl (C=O) groups is 3. The van der Waals surface area contributed by atoms with Gasteiger partial charge in [-0.15, -0.1) is 0 Å². The van der Waals surface area contributed by atoms with Crippen LogP contribution in [-0.4, -0.2) is 63.5 Å². The number of amides is 1. The van der Waals surface area contributed by atoms with Crippen molar-refractivity contribution >= 4 is 40.7 Å². The number of benzene rings is 2. The third kappa shape index (κ3) is 10.4. The minimum absolute atomic E-state index is 0.0901. The van der Waals surface area contributed by atoms with Gasteiger partial charge in [-0.25, -0.2) is 44.7 Å². The Hall–Kier alpha value is -7.57. The Labute approximate surface area is 338 Å². The number of alkyl halides is 3. The quantitative estimate of drug-likeness (QED) is 0.0906. The molecule has 2 aliphatic carbocycles. The van der Waals surface area contributed by atoms with E-state index in [1.807, 2.05) is 11.4 Å². The lowest BCUT2D eigenvalue weighted by Gasteiger charge is -2.17. The van der Waals surface area contributed by atoms with Crippen LogP contribution >= 0.6 is 11.6 Å². The molecule has 0 atom stereocenters. The third-order valence-corrected chi connectivity index (χ3v) is 9.17. The monoisotopic (exact) mass is 816 g/mol. The Balaban J connectivity index is 0.000000156. The Kier molecular flexibility index (Phi) is 12.3. The van der Waals surface area contributed by atoms with Crippen LogP contribution in [0, 0.1) is 17.9 Å². The van der Waals surface area contributed by atoms with Gasteiger partial charge in [-0.05, 0) is 55.5 Å². The van der Waals surface area contributed by atoms with E-state index in [1.165, 1.54) is 55.9 Å². The Morgan fingerprint density at radius 3 is 1.69 bits per heavy atom. The molecule has 0 bridgehead atoms. The number of nitriles is 1. The summed E-state index contributed by atoms with van der Waals surface area (Å²) in [6, 6.07) is 15.0. The SMILES string of the molecule is N#Cc1cccc(C(=O)c2cnc(Cl)nc2)c1.O=C(NC1(c2cncnc2)CC1)C(F)(F)F.[C-]#[N+]c1cccc(C(=O)c2cnc(NC3(c4cncnc4)CC3)nc2)c1. The molecule has 4 aromatic heterocycles.